The average Bonchev–Trinajstić information content (AvgIpc) is 2.25. The zero-order valence-electron chi connectivity index (χ0n) is 11.6. The largest absolute Gasteiger partial charge is 0.397 e. The van der Waals surface area contributed by atoms with Crippen LogP contribution in [0.5, 0.6) is 0 Å². The molecule has 3 atom stereocenters. The zero-order valence-corrected chi connectivity index (χ0v) is 11.6. The highest BCUT2D eigenvalue weighted by Gasteiger charge is 2.24. The molecule has 0 aliphatic heterocycles. The standard InChI is InChI=1S/C12H25N.C2H6O/c1-4-11-9-7-5-6-8-10(2)12(11)13-3;1-2-3/h10-13H,4-9H2,1-3H3;3H,2H2,1H3. The van der Waals surface area contributed by atoms with Crippen molar-refractivity contribution in [2.45, 2.75) is 65.3 Å². The number of aliphatic hydroxyl groups is 1. The average molecular weight is 229 g/mol. The molecule has 1 rings (SSSR count). The van der Waals surface area contributed by atoms with Gasteiger partial charge in [0.05, 0.1) is 0 Å². The van der Waals surface area contributed by atoms with Gasteiger partial charge in [0.15, 0.2) is 0 Å². The van der Waals surface area contributed by atoms with E-state index < -0.39 is 0 Å². The SMILES string of the molecule is CCC1CCCCCC(C)C1NC.CCO. The first-order chi connectivity index (χ1) is 7.71. The van der Waals surface area contributed by atoms with Gasteiger partial charge in [-0.15, -0.1) is 0 Å². The molecule has 2 N–H and O–H groups in total. The van der Waals surface area contributed by atoms with E-state index in [9.17, 15) is 0 Å². The van der Waals surface area contributed by atoms with Crippen LogP contribution >= 0.6 is 0 Å². The lowest BCUT2D eigenvalue weighted by Gasteiger charge is -2.33. The van der Waals surface area contributed by atoms with E-state index in [1.54, 1.807) is 6.92 Å². The van der Waals surface area contributed by atoms with E-state index in [0.717, 1.165) is 17.9 Å². The molecular formula is C14H31NO. The molecule has 2 nitrogen and oxygen atoms in total. The predicted molar refractivity (Wildman–Crippen MR) is 71.6 cm³/mol. The molecule has 16 heavy (non-hydrogen) atoms. The second-order valence-electron chi connectivity index (χ2n) is 4.91. The maximum atomic E-state index is 7.57. The molecule has 1 aliphatic rings. The highest BCUT2D eigenvalue weighted by Crippen LogP contribution is 2.28. The van der Waals surface area contributed by atoms with E-state index in [4.69, 9.17) is 5.11 Å². The first-order valence-electron chi connectivity index (χ1n) is 6.99. The van der Waals surface area contributed by atoms with Crippen LogP contribution < -0.4 is 5.32 Å². The summed E-state index contributed by atoms with van der Waals surface area (Å²) in [6, 6.07) is 0.769. The number of rotatable bonds is 2. The third-order valence-corrected chi connectivity index (χ3v) is 3.71. The van der Waals surface area contributed by atoms with Gasteiger partial charge in [0.1, 0.15) is 0 Å². The minimum Gasteiger partial charge on any atom is -0.397 e. The van der Waals surface area contributed by atoms with Crippen molar-refractivity contribution in [3.63, 3.8) is 0 Å². The summed E-state index contributed by atoms with van der Waals surface area (Å²) in [4.78, 5) is 0. The fourth-order valence-corrected chi connectivity index (χ4v) is 2.85. The van der Waals surface area contributed by atoms with E-state index in [1.807, 2.05) is 0 Å². The van der Waals surface area contributed by atoms with Crippen molar-refractivity contribution in [2.75, 3.05) is 13.7 Å². The molecule has 0 amide bonds. The molecule has 1 saturated carbocycles. The normalized spacial score (nSPS) is 30.9. The van der Waals surface area contributed by atoms with Crippen molar-refractivity contribution in [3.8, 4) is 0 Å². The zero-order chi connectivity index (χ0) is 12.4. The monoisotopic (exact) mass is 229 g/mol. The summed E-state index contributed by atoms with van der Waals surface area (Å²) in [5.74, 6) is 1.79. The van der Waals surface area contributed by atoms with Crippen molar-refractivity contribution >= 4 is 0 Å². The van der Waals surface area contributed by atoms with Crippen molar-refractivity contribution in [1.29, 1.82) is 0 Å². The summed E-state index contributed by atoms with van der Waals surface area (Å²) in [6.07, 6.45) is 8.54. The van der Waals surface area contributed by atoms with Crippen LogP contribution in [0.2, 0.25) is 0 Å². The van der Waals surface area contributed by atoms with Gasteiger partial charge in [0.25, 0.3) is 0 Å². The molecule has 0 radical (unpaired) electrons. The maximum Gasteiger partial charge on any atom is 0.0402 e. The van der Waals surface area contributed by atoms with Crippen LogP contribution in [0.3, 0.4) is 0 Å². The summed E-state index contributed by atoms with van der Waals surface area (Å²) in [6.45, 7) is 6.68. The summed E-state index contributed by atoms with van der Waals surface area (Å²) in [7, 11) is 2.13. The molecule has 0 aromatic carbocycles. The van der Waals surface area contributed by atoms with Crippen molar-refractivity contribution in [2.24, 2.45) is 11.8 Å². The highest BCUT2D eigenvalue weighted by atomic mass is 16.2. The molecule has 0 aromatic heterocycles. The lowest BCUT2D eigenvalue weighted by Crippen LogP contribution is -2.39. The van der Waals surface area contributed by atoms with Gasteiger partial charge in [-0.3, -0.25) is 0 Å². The van der Waals surface area contributed by atoms with Gasteiger partial charge >= 0.3 is 0 Å². The van der Waals surface area contributed by atoms with Gasteiger partial charge in [-0.1, -0.05) is 39.5 Å². The smallest absolute Gasteiger partial charge is 0.0402 e. The van der Waals surface area contributed by atoms with Crippen LogP contribution in [0.1, 0.15) is 59.3 Å². The summed E-state index contributed by atoms with van der Waals surface area (Å²) < 4.78 is 0. The summed E-state index contributed by atoms with van der Waals surface area (Å²) in [5, 5.41) is 11.1. The van der Waals surface area contributed by atoms with Gasteiger partial charge in [-0.25, -0.2) is 0 Å². The van der Waals surface area contributed by atoms with Crippen molar-refractivity contribution in [1.82, 2.24) is 5.32 Å². The fourth-order valence-electron chi connectivity index (χ4n) is 2.85. The van der Waals surface area contributed by atoms with Gasteiger partial charge in [-0.2, -0.15) is 0 Å². The van der Waals surface area contributed by atoms with E-state index >= 15 is 0 Å². The minimum absolute atomic E-state index is 0.250. The van der Waals surface area contributed by atoms with Gasteiger partial charge in [0, 0.05) is 12.6 Å². The number of aliphatic hydroxyl groups excluding tert-OH is 1. The molecule has 1 fully saturated rings. The van der Waals surface area contributed by atoms with Crippen LogP contribution in [0, 0.1) is 11.8 Å². The lowest BCUT2D eigenvalue weighted by atomic mass is 9.79. The van der Waals surface area contributed by atoms with Crippen molar-refractivity contribution in [3.05, 3.63) is 0 Å². The van der Waals surface area contributed by atoms with E-state index in [1.165, 1.54) is 38.5 Å². The molecule has 98 valence electrons. The third kappa shape index (κ3) is 5.86. The van der Waals surface area contributed by atoms with Crippen LogP contribution in [0.15, 0.2) is 0 Å². The second-order valence-corrected chi connectivity index (χ2v) is 4.91. The maximum absolute atomic E-state index is 7.57. The Labute approximate surface area is 102 Å². The Kier molecular flexibility index (Phi) is 10.0. The van der Waals surface area contributed by atoms with E-state index in [2.05, 4.69) is 26.2 Å². The summed E-state index contributed by atoms with van der Waals surface area (Å²) >= 11 is 0. The fraction of sp³-hybridized carbons (Fsp3) is 1.00. The Balaban J connectivity index is 0.000000673. The second kappa shape index (κ2) is 10.1. The molecular weight excluding hydrogens is 198 g/mol. The van der Waals surface area contributed by atoms with Crippen LogP contribution in [-0.2, 0) is 0 Å². The Morgan fingerprint density at radius 3 is 2.19 bits per heavy atom. The van der Waals surface area contributed by atoms with Crippen LogP contribution in [0.4, 0.5) is 0 Å². The van der Waals surface area contributed by atoms with Crippen molar-refractivity contribution < 1.29 is 5.11 Å². The number of hydrogen-bond donors (Lipinski definition) is 2. The number of nitrogens with one attached hydrogen (secondary N) is 1. The first kappa shape index (κ1) is 15.9. The topological polar surface area (TPSA) is 32.3 Å². The quantitative estimate of drug-likeness (QED) is 0.762. The van der Waals surface area contributed by atoms with E-state index in [-0.39, 0.29) is 6.61 Å². The minimum atomic E-state index is 0.250. The Hall–Kier alpha value is -0.0800. The van der Waals surface area contributed by atoms with Crippen LogP contribution in [-0.4, -0.2) is 24.8 Å². The Morgan fingerprint density at radius 2 is 1.69 bits per heavy atom. The molecule has 0 heterocycles. The number of hydrogen-bond acceptors (Lipinski definition) is 2. The Bertz CT molecular complexity index is 150. The predicted octanol–water partition coefficient (Wildman–Crippen LogP) is 3.20. The first-order valence-corrected chi connectivity index (χ1v) is 6.99. The molecule has 2 heteroatoms. The van der Waals surface area contributed by atoms with Crippen LogP contribution in [0.25, 0.3) is 0 Å². The van der Waals surface area contributed by atoms with Gasteiger partial charge < -0.3 is 10.4 Å². The van der Waals surface area contributed by atoms with Gasteiger partial charge in [-0.05, 0) is 38.6 Å². The summed E-state index contributed by atoms with van der Waals surface area (Å²) in [5.41, 5.74) is 0. The lowest BCUT2D eigenvalue weighted by molar-refractivity contribution is 0.226. The Morgan fingerprint density at radius 1 is 1.12 bits per heavy atom. The molecule has 0 aromatic rings. The van der Waals surface area contributed by atoms with Gasteiger partial charge in [0.2, 0.25) is 0 Å². The molecule has 0 bridgehead atoms. The molecule has 0 saturated heterocycles. The van der Waals surface area contributed by atoms with E-state index in [0.29, 0.717) is 0 Å². The highest BCUT2D eigenvalue weighted by molar-refractivity contribution is 4.81. The third-order valence-electron chi connectivity index (χ3n) is 3.71. The molecule has 1 aliphatic carbocycles. The molecule has 0 spiro atoms. The molecule has 3 unspecified atom stereocenters.